The lowest BCUT2D eigenvalue weighted by atomic mass is 10.1. The molecule has 0 aliphatic carbocycles. The van der Waals surface area contributed by atoms with Crippen molar-refractivity contribution < 1.29 is 23.6 Å². The van der Waals surface area contributed by atoms with Gasteiger partial charge in [-0.15, -0.1) is 0 Å². The second kappa shape index (κ2) is 6.56. The van der Waals surface area contributed by atoms with Crippen molar-refractivity contribution >= 4 is 23.5 Å². The number of nitro groups is 1. The van der Waals surface area contributed by atoms with E-state index in [9.17, 15) is 19.3 Å². The molecule has 0 atom stereocenters. The lowest BCUT2D eigenvalue weighted by Gasteiger charge is -2.02. The highest BCUT2D eigenvalue weighted by atomic mass is 19.1. The Balaban J connectivity index is 1.95. The zero-order valence-corrected chi connectivity index (χ0v) is 13.1. The van der Waals surface area contributed by atoms with E-state index in [-0.39, 0.29) is 17.0 Å². The van der Waals surface area contributed by atoms with Crippen LogP contribution in [0.5, 0.6) is 5.75 Å². The van der Waals surface area contributed by atoms with Crippen molar-refractivity contribution in [1.82, 2.24) is 0 Å². The molecule has 0 aromatic heterocycles. The molecule has 3 rings (SSSR count). The molecule has 0 fully saturated rings. The van der Waals surface area contributed by atoms with E-state index in [0.717, 1.165) is 0 Å². The normalized spacial score (nSPS) is 15.0. The Labute approximate surface area is 142 Å². The molecule has 1 aliphatic rings. The van der Waals surface area contributed by atoms with Crippen LogP contribution >= 0.6 is 0 Å². The van der Waals surface area contributed by atoms with Crippen LogP contribution in [0.25, 0.3) is 11.8 Å². The molecular weight excluding hydrogens is 329 g/mol. The monoisotopic (exact) mass is 341 g/mol. The van der Waals surface area contributed by atoms with Gasteiger partial charge in [0.25, 0.3) is 0 Å². The van der Waals surface area contributed by atoms with Crippen LogP contribution in [0.15, 0.2) is 54.1 Å². The van der Waals surface area contributed by atoms with E-state index in [1.807, 2.05) is 0 Å². The van der Waals surface area contributed by atoms with E-state index in [4.69, 9.17) is 9.47 Å². The van der Waals surface area contributed by atoms with E-state index >= 15 is 0 Å². The Morgan fingerprint density at radius 3 is 2.56 bits per heavy atom. The number of carbonyl (C=O) groups is 1. The summed E-state index contributed by atoms with van der Waals surface area (Å²) in [6.45, 7) is 0. The summed E-state index contributed by atoms with van der Waals surface area (Å²) in [7, 11) is 1.34. The van der Waals surface area contributed by atoms with Crippen molar-refractivity contribution in [3.63, 3.8) is 0 Å². The maximum atomic E-state index is 13.0. The van der Waals surface area contributed by atoms with E-state index < -0.39 is 16.7 Å². The molecule has 1 heterocycles. The van der Waals surface area contributed by atoms with E-state index in [0.29, 0.717) is 16.9 Å². The van der Waals surface area contributed by atoms with Gasteiger partial charge in [-0.1, -0.05) is 6.07 Å². The Kier molecular flexibility index (Phi) is 4.30. The molecule has 0 bridgehead atoms. The molecule has 0 saturated carbocycles. The zero-order chi connectivity index (χ0) is 18.0. The molecular formula is C18H12FNO5. The maximum Gasteiger partial charge on any atom is 0.343 e. The number of benzene rings is 2. The molecule has 25 heavy (non-hydrogen) atoms. The third-order valence-corrected chi connectivity index (χ3v) is 3.58. The van der Waals surface area contributed by atoms with E-state index in [2.05, 4.69) is 0 Å². The van der Waals surface area contributed by atoms with Crippen molar-refractivity contribution in [3.05, 3.63) is 81.2 Å². The summed E-state index contributed by atoms with van der Waals surface area (Å²) >= 11 is 0. The van der Waals surface area contributed by atoms with Gasteiger partial charge in [0.1, 0.15) is 11.6 Å². The third kappa shape index (κ3) is 3.40. The van der Waals surface area contributed by atoms with Crippen LogP contribution in [-0.4, -0.2) is 18.0 Å². The van der Waals surface area contributed by atoms with Crippen LogP contribution in [0.4, 0.5) is 10.1 Å². The molecule has 6 nitrogen and oxygen atoms in total. The molecule has 2 aromatic carbocycles. The van der Waals surface area contributed by atoms with Crippen LogP contribution in [0, 0.1) is 15.9 Å². The number of ether oxygens (including phenoxy) is 2. The molecule has 0 N–H and O–H groups in total. The predicted octanol–water partition coefficient (Wildman–Crippen LogP) is 3.72. The first-order valence-electron chi connectivity index (χ1n) is 7.22. The lowest BCUT2D eigenvalue weighted by Crippen LogP contribution is -1.98. The van der Waals surface area contributed by atoms with Gasteiger partial charge in [0, 0.05) is 11.6 Å². The Morgan fingerprint density at radius 1 is 1.20 bits per heavy atom. The molecule has 0 amide bonds. The van der Waals surface area contributed by atoms with Crippen LogP contribution < -0.4 is 4.74 Å². The summed E-state index contributed by atoms with van der Waals surface area (Å²) in [5, 5.41) is 11.1. The first-order chi connectivity index (χ1) is 12.0. The standard InChI is InChI=1S/C18H12FNO5/c1-24-16-7-2-11(9-15(16)20(22)23)8-13-10-17(25-18(13)21)12-3-5-14(19)6-4-12/h2-10H,1H3/b13-8+. The van der Waals surface area contributed by atoms with Gasteiger partial charge in [-0.05, 0) is 48.0 Å². The number of rotatable bonds is 4. The first-order valence-corrected chi connectivity index (χ1v) is 7.22. The van der Waals surface area contributed by atoms with Gasteiger partial charge in [-0.25, -0.2) is 9.18 Å². The number of hydrogen-bond donors (Lipinski definition) is 0. The summed E-state index contributed by atoms with van der Waals surface area (Å²) in [6, 6.07) is 9.87. The van der Waals surface area contributed by atoms with Crippen LogP contribution in [0.1, 0.15) is 11.1 Å². The summed E-state index contributed by atoms with van der Waals surface area (Å²) < 4.78 is 23.1. The van der Waals surface area contributed by atoms with Gasteiger partial charge >= 0.3 is 11.7 Å². The first kappa shape index (κ1) is 16.4. The summed E-state index contributed by atoms with van der Waals surface area (Å²) in [4.78, 5) is 22.5. The van der Waals surface area contributed by atoms with Gasteiger partial charge < -0.3 is 9.47 Å². The Bertz CT molecular complexity index is 916. The molecule has 0 saturated heterocycles. The average molecular weight is 341 g/mol. The minimum Gasteiger partial charge on any atom is -0.490 e. The molecule has 0 spiro atoms. The number of carbonyl (C=O) groups excluding carboxylic acids is 1. The Morgan fingerprint density at radius 2 is 1.92 bits per heavy atom. The molecule has 7 heteroatoms. The number of cyclic esters (lactones) is 1. The fourth-order valence-electron chi connectivity index (χ4n) is 2.36. The van der Waals surface area contributed by atoms with Gasteiger partial charge in [0.15, 0.2) is 5.75 Å². The topological polar surface area (TPSA) is 78.7 Å². The van der Waals surface area contributed by atoms with Crippen LogP contribution in [0.2, 0.25) is 0 Å². The van der Waals surface area contributed by atoms with Gasteiger partial charge in [-0.3, -0.25) is 10.1 Å². The summed E-state index contributed by atoms with van der Waals surface area (Å²) in [5.41, 5.74) is 1.04. The summed E-state index contributed by atoms with van der Waals surface area (Å²) in [6.07, 6.45) is 2.98. The highest BCUT2D eigenvalue weighted by molar-refractivity contribution is 6.05. The van der Waals surface area contributed by atoms with Crippen molar-refractivity contribution in [3.8, 4) is 5.75 Å². The SMILES string of the molecule is COc1ccc(/C=C2\C=C(c3ccc(F)cc3)OC2=O)cc1[N+](=O)[O-]. The van der Waals surface area contributed by atoms with Crippen LogP contribution in [0.3, 0.4) is 0 Å². The number of hydrogen-bond acceptors (Lipinski definition) is 5. The fourth-order valence-corrected chi connectivity index (χ4v) is 2.36. The smallest absolute Gasteiger partial charge is 0.343 e. The second-order valence-electron chi connectivity index (χ2n) is 5.19. The quantitative estimate of drug-likeness (QED) is 0.366. The molecule has 0 radical (unpaired) electrons. The largest absolute Gasteiger partial charge is 0.490 e. The highest BCUT2D eigenvalue weighted by Crippen LogP contribution is 2.31. The number of halogens is 1. The second-order valence-corrected chi connectivity index (χ2v) is 5.19. The predicted molar refractivity (Wildman–Crippen MR) is 88.1 cm³/mol. The van der Waals surface area contributed by atoms with Gasteiger partial charge in [-0.2, -0.15) is 0 Å². The van der Waals surface area contributed by atoms with Gasteiger partial charge in [0.2, 0.25) is 0 Å². The van der Waals surface area contributed by atoms with Gasteiger partial charge in [0.05, 0.1) is 17.6 Å². The average Bonchev–Trinajstić information content (AvgIpc) is 2.96. The number of nitrogens with zero attached hydrogens (tertiary/aromatic N) is 1. The Hall–Kier alpha value is -3.48. The summed E-state index contributed by atoms with van der Waals surface area (Å²) in [5.74, 6) is -0.560. The number of esters is 1. The van der Waals surface area contributed by atoms with Crippen molar-refractivity contribution in [2.45, 2.75) is 0 Å². The molecule has 2 aromatic rings. The minimum absolute atomic E-state index is 0.128. The zero-order valence-electron chi connectivity index (χ0n) is 13.1. The number of methoxy groups -OCH3 is 1. The van der Waals surface area contributed by atoms with Crippen molar-refractivity contribution in [2.24, 2.45) is 0 Å². The highest BCUT2D eigenvalue weighted by Gasteiger charge is 2.22. The minimum atomic E-state index is -0.585. The number of nitro benzene ring substituents is 1. The molecule has 1 aliphatic heterocycles. The molecule has 0 unspecified atom stereocenters. The van der Waals surface area contributed by atoms with E-state index in [1.165, 1.54) is 55.7 Å². The van der Waals surface area contributed by atoms with Crippen LogP contribution in [-0.2, 0) is 9.53 Å². The van der Waals surface area contributed by atoms with Crippen molar-refractivity contribution in [1.29, 1.82) is 0 Å². The fraction of sp³-hybridized carbons (Fsp3) is 0.0556. The lowest BCUT2D eigenvalue weighted by molar-refractivity contribution is -0.385. The van der Waals surface area contributed by atoms with E-state index in [1.54, 1.807) is 6.07 Å². The third-order valence-electron chi connectivity index (χ3n) is 3.58. The molecule has 126 valence electrons. The van der Waals surface area contributed by atoms with Crippen molar-refractivity contribution in [2.75, 3.05) is 7.11 Å². The maximum absolute atomic E-state index is 13.0.